The molecule has 0 heterocycles. The van der Waals surface area contributed by atoms with Crippen molar-refractivity contribution in [2.75, 3.05) is 20.2 Å². The van der Waals surface area contributed by atoms with Crippen LogP contribution in [-0.4, -0.2) is 42.2 Å². The van der Waals surface area contributed by atoms with E-state index in [1.54, 1.807) is 12.0 Å². The van der Waals surface area contributed by atoms with E-state index in [9.17, 15) is 9.59 Å². The predicted octanol–water partition coefficient (Wildman–Crippen LogP) is 2.92. The average Bonchev–Trinajstić information content (AvgIpc) is 2.66. The number of methoxy groups -OCH3 is 1. The zero-order valence-electron chi connectivity index (χ0n) is 14.9. The molecule has 0 aromatic heterocycles. The fourth-order valence-corrected chi connectivity index (χ4v) is 2.50. The van der Waals surface area contributed by atoms with E-state index in [-0.39, 0.29) is 19.0 Å². The molecule has 0 radical (unpaired) electrons. The number of nitrogens with one attached hydrogen (secondary N) is 1. The predicted molar refractivity (Wildman–Crippen MR) is 99.2 cm³/mol. The van der Waals surface area contributed by atoms with Gasteiger partial charge < -0.3 is 20.1 Å². The van der Waals surface area contributed by atoms with Crippen LogP contribution >= 0.6 is 0 Å². The Kier molecular flexibility index (Phi) is 7.49. The van der Waals surface area contributed by atoms with Gasteiger partial charge in [0.25, 0.3) is 0 Å². The van der Waals surface area contributed by atoms with E-state index in [1.807, 2.05) is 54.6 Å². The van der Waals surface area contributed by atoms with Crippen LogP contribution in [-0.2, 0) is 17.8 Å². The van der Waals surface area contributed by atoms with Crippen molar-refractivity contribution in [2.45, 2.75) is 19.4 Å². The van der Waals surface area contributed by atoms with Crippen molar-refractivity contribution in [3.8, 4) is 5.75 Å². The molecule has 0 aliphatic heterocycles. The Morgan fingerprint density at radius 2 is 1.73 bits per heavy atom. The second kappa shape index (κ2) is 10.1. The van der Waals surface area contributed by atoms with Crippen molar-refractivity contribution in [1.29, 1.82) is 0 Å². The van der Waals surface area contributed by atoms with Crippen LogP contribution in [0.25, 0.3) is 0 Å². The van der Waals surface area contributed by atoms with Gasteiger partial charge >= 0.3 is 12.0 Å². The van der Waals surface area contributed by atoms with Gasteiger partial charge in [-0.25, -0.2) is 4.79 Å². The molecule has 2 N–H and O–H groups in total. The number of carbonyl (C=O) groups excluding carboxylic acids is 1. The molecule has 2 aromatic carbocycles. The molecule has 138 valence electrons. The average molecular weight is 356 g/mol. The minimum absolute atomic E-state index is 0.0939. The number of nitrogens with zero attached hydrogens (tertiary/aromatic N) is 1. The molecule has 0 bridgehead atoms. The first-order valence-electron chi connectivity index (χ1n) is 8.50. The van der Waals surface area contributed by atoms with E-state index in [2.05, 4.69) is 5.32 Å². The van der Waals surface area contributed by atoms with Crippen LogP contribution in [0.3, 0.4) is 0 Å². The zero-order chi connectivity index (χ0) is 18.8. The van der Waals surface area contributed by atoms with Crippen LogP contribution < -0.4 is 10.1 Å². The number of urea groups is 1. The second-order valence-electron chi connectivity index (χ2n) is 5.88. The molecule has 2 amide bonds. The van der Waals surface area contributed by atoms with Crippen molar-refractivity contribution in [2.24, 2.45) is 0 Å². The van der Waals surface area contributed by atoms with Crippen LogP contribution in [0, 0.1) is 0 Å². The molecule has 0 saturated carbocycles. The number of rotatable bonds is 9. The molecule has 6 nitrogen and oxygen atoms in total. The van der Waals surface area contributed by atoms with Gasteiger partial charge in [-0.3, -0.25) is 4.79 Å². The highest BCUT2D eigenvalue weighted by Gasteiger charge is 2.14. The molecular weight excluding hydrogens is 332 g/mol. The fraction of sp³-hybridized carbons (Fsp3) is 0.300. The summed E-state index contributed by atoms with van der Waals surface area (Å²) in [7, 11) is 1.62. The first-order valence-corrected chi connectivity index (χ1v) is 8.50. The summed E-state index contributed by atoms with van der Waals surface area (Å²) >= 11 is 0. The Balaban J connectivity index is 1.98. The number of ether oxygens (including phenoxy) is 1. The van der Waals surface area contributed by atoms with Gasteiger partial charge in [0, 0.05) is 19.6 Å². The summed E-state index contributed by atoms with van der Waals surface area (Å²) in [6, 6.07) is 17.2. The number of hydrogen-bond acceptors (Lipinski definition) is 3. The largest absolute Gasteiger partial charge is 0.497 e. The van der Waals surface area contributed by atoms with Crippen molar-refractivity contribution >= 4 is 12.0 Å². The number of carboxylic acids is 1. The highest BCUT2D eigenvalue weighted by Crippen LogP contribution is 2.13. The van der Waals surface area contributed by atoms with Gasteiger partial charge in [-0.2, -0.15) is 0 Å². The lowest BCUT2D eigenvalue weighted by atomic mass is 10.1. The third kappa shape index (κ3) is 6.47. The number of hydrogen-bond donors (Lipinski definition) is 2. The van der Waals surface area contributed by atoms with E-state index in [1.165, 1.54) is 0 Å². The summed E-state index contributed by atoms with van der Waals surface area (Å²) in [6.07, 6.45) is 0.604. The van der Waals surface area contributed by atoms with E-state index >= 15 is 0 Å². The lowest BCUT2D eigenvalue weighted by Crippen LogP contribution is -2.41. The Labute approximate surface area is 153 Å². The van der Waals surface area contributed by atoms with Gasteiger partial charge in [-0.05, 0) is 29.7 Å². The molecule has 2 rings (SSSR count). The van der Waals surface area contributed by atoms with Gasteiger partial charge in [0.2, 0.25) is 0 Å². The normalized spacial score (nSPS) is 10.2. The maximum atomic E-state index is 12.5. The first kappa shape index (κ1) is 19.3. The summed E-state index contributed by atoms with van der Waals surface area (Å²) in [5, 5.41) is 11.4. The third-order valence-electron chi connectivity index (χ3n) is 3.95. The van der Waals surface area contributed by atoms with E-state index in [4.69, 9.17) is 9.84 Å². The van der Waals surface area contributed by atoms with Crippen LogP contribution in [0.5, 0.6) is 5.75 Å². The van der Waals surface area contributed by atoms with E-state index in [0.717, 1.165) is 16.9 Å². The molecule has 0 spiro atoms. The summed E-state index contributed by atoms with van der Waals surface area (Å²) in [4.78, 5) is 24.8. The maximum absolute atomic E-state index is 12.5. The number of carbonyl (C=O) groups is 2. The van der Waals surface area contributed by atoms with Gasteiger partial charge in [0.05, 0.1) is 13.5 Å². The number of benzene rings is 2. The number of amides is 2. The Morgan fingerprint density at radius 1 is 1.04 bits per heavy atom. The Hall–Kier alpha value is -3.02. The highest BCUT2D eigenvalue weighted by atomic mass is 16.5. The molecule has 0 atom stereocenters. The van der Waals surface area contributed by atoms with Crippen molar-refractivity contribution in [3.05, 3.63) is 65.7 Å². The van der Waals surface area contributed by atoms with Crippen LogP contribution in [0.2, 0.25) is 0 Å². The third-order valence-corrected chi connectivity index (χ3v) is 3.95. The summed E-state index contributed by atoms with van der Waals surface area (Å²) < 4.78 is 5.15. The number of carboxylic acid groups (broad SMARTS) is 1. The summed E-state index contributed by atoms with van der Waals surface area (Å²) in [5.74, 6) is -0.139. The smallest absolute Gasteiger partial charge is 0.317 e. The molecule has 0 fully saturated rings. The number of aliphatic carboxylic acids is 1. The zero-order valence-corrected chi connectivity index (χ0v) is 14.9. The van der Waals surface area contributed by atoms with E-state index < -0.39 is 5.97 Å². The molecule has 0 unspecified atom stereocenters. The van der Waals surface area contributed by atoms with Crippen LogP contribution in [0.15, 0.2) is 54.6 Å². The molecule has 6 heteroatoms. The fourth-order valence-electron chi connectivity index (χ4n) is 2.50. The monoisotopic (exact) mass is 356 g/mol. The van der Waals surface area contributed by atoms with E-state index in [0.29, 0.717) is 19.5 Å². The minimum Gasteiger partial charge on any atom is -0.497 e. The van der Waals surface area contributed by atoms with Gasteiger partial charge in [0.1, 0.15) is 5.75 Å². The van der Waals surface area contributed by atoms with Crippen molar-refractivity contribution in [3.63, 3.8) is 0 Å². The standard InChI is InChI=1S/C20H24N2O4/c1-26-18-9-7-16(8-10-18)12-14-22(15-17-5-3-2-4-6-17)20(25)21-13-11-19(23)24/h2-10H,11-15H2,1H3,(H,21,25)(H,23,24). The minimum atomic E-state index is -0.932. The first-order chi connectivity index (χ1) is 12.6. The van der Waals surface area contributed by atoms with Crippen molar-refractivity contribution < 1.29 is 19.4 Å². The molecule has 0 aliphatic carbocycles. The topological polar surface area (TPSA) is 78.9 Å². The second-order valence-corrected chi connectivity index (χ2v) is 5.88. The molecule has 0 saturated heterocycles. The SMILES string of the molecule is COc1ccc(CCN(Cc2ccccc2)C(=O)NCCC(=O)O)cc1. The molecule has 0 aliphatic rings. The van der Waals surface area contributed by atoms with Gasteiger partial charge in [-0.1, -0.05) is 42.5 Å². The van der Waals surface area contributed by atoms with Crippen molar-refractivity contribution in [1.82, 2.24) is 10.2 Å². The summed E-state index contributed by atoms with van der Waals surface area (Å²) in [6.45, 7) is 1.11. The Bertz CT molecular complexity index is 702. The highest BCUT2D eigenvalue weighted by molar-refractivity contribution is 5.75. The lowest BCUT2D eigenvalue weighted by molar-refractivity contribution is -0.136. The van der Waals surface area contributed by atoms with Crippen LogP contribution in [0.4, 0.5) is 4.79 Å². The maximum Gasteiger partial charge on any atom is 0.317 e. The lowest BCUT2D eigenvalue weighted by Gasteiger charge is -2.23. The molecular formula is C20H24N2O4. The molecule has 26 heavy (non-hydrogen) atoms. The van der Waals surface area contributed by atoms with Crippen LogP contribution in [0.1, 0.15) is 17.5 Å². The Morgan fingerprint density at radius 3 is 2.35 bits per heavy atom. The summed E-state index contributed by atoms with van der Waals surface area (Å²) in [5.41, 5.74) is 2.12. The van der Waals surface area contributed by atoms with Gasteiger partial charge in [0.15, 0.2) is 0 Å². The molecule has 2 aromatic rings. The van der Waals surface area contributed by atoms with Gasteiger partial charge in [-0.15, -0.1) is 0 Å². The quantitative estimate of drug-likeness (QED) is 0.724.